The van der Waals surface area contributed by atoms with E-state index in [-0.39, 0.29) is 11.8 Å². The zero-order valence-corrected chi connectivity index (χ0v) is 19.4. The lowest BCUT2D eigenvalue weighted by Gasteiger charge is -2.29. The quantitative estimate of drug-likeness (QED) is 0.605. The zero-order valence-electron chi connectivity index (χ0n) is 18.6. The summed E-state index contributed by atoms with van der Waals surface area (Å²) in [5.74, 6) is 1.81. The topological polar surface area (TPSA) is 73.4 Å². The Morgan fingerprint density at radius 3 is 2.61 bits per heavy atom. The molecule has 4 rings (SSSR count). The van der Waals surface area contributed by atoms with Gasteiger partial charge >= 0.3 is 0 Å². The van der Waals surface area contributed by atoms with E-state index in [2.05, 4.69) is 45.4 Å². The van der Waals surface area contributed by atoms with E-state index < -0.39 is 0 Å². The number of carbonyl (C=O) groups is 1. The standard InChI is InChI=1S/C23H30N6OS/c1-5-28(4)23(30)22-21(15(2)3)17-12-20(26-14-18(17)31-22)27-19-7-6-16(13-25-19)29-10-8-24-9-11-29/h6-7,12-15,24H,5,8-11H2,1-4H3,(H,25,26,27). The lowest BCUT2D eigenvalue weighted by Crippen LogP contribution is -2.43. The van der Waals surface area contributed by atoms with Crippen LogP contribution >= 0.6 is 11.3 Å². The Balaban J connectivity index is 1.60. The third-order valence-electron chi connectivity index (χ3n) is 5.69. The van der Waals surface area contributed by atoms with Gasteiger partial charge in [0.15, 0.2) is 0 Å². The van der Waals surface area contributed by atoms with E-state index in [0.29, 0.717) is 6.54 Å². The van der Waals surface area contributed by atoms with Crippen LogP contribution in [0, 0.1) is 0 Å². The molecule has 0 aliphatic carbocycles. The number of nitrogens with zero attached hydrogens (tertiary/aromatic N) is 4. The van der Waals surface area contributed by atoms with Crippen molar-refractivity contribution in [2.75, 3.05) is 50.0 Å². The van der Waals surface area contributed by atoms with E-state index in [1.807, 2.05) is 38.5 Å². The number of thiophene rings is 1. The van der Waals surface area contributed by atoms with Crippen molar-refractivity contribution < 1.29 is 4.79 Å². The highest BCUT2D eigenvalue weighted by molar-refractivity contribution is 7.21. The second kappa shape index (κ2) is 9.20. The molecule has 31 heavy (non-hydrogen) atoms. The second-order valence-corrected chi connectivity index (χ2v) is 9.20. The number of rotatable bonds is 6. The third kappa shape index (κ3) is 4.50. The molecule has 0 atom stereocenters. The van der Waals surface area contributed by atoms with E-state index >= 15 is 0 Å². The fraction of sp³-hybridized carbons (Fsp3) is 0.435. The summed E-state index contributed by atoms with van der Waals surface area (Å²) in [6.07, 6.45) is 3.76. The number of pyridine rings is 2. The zero-order chi connectivity index (χ0) is 22.0. The SMILES string of the molecule is CCN(C)C(=O)c1sc2cnc(Nc3ccc(N4CCNCC4)cn3)cc2c1C(C)C. The first-order chi connectivity index (χ1) is 15.0. The van der Waals surface area contributed by atoms with Crippen molar-refractivity contribution in [2.24, 2.45) is 0 Å². The minimum absolute atomic E-state index is 0.0760. The van der Waals surface area contributed by atoms with Gasteiger partial charge in [0.1, 0.15) is 11.6 Å². The molecule has 0 bridgehead atoms. The van der Waals surface area contributed by atoms with Gasteiger partial charge in [0, 0.05) is 51.4 Å². The number of carbonyl (C=O) groups excluding carboxylic acids is 1. The van der Waals surface area contributed by atoms with E-state index in [9.17, 15) is 4.79 Å². The molecule has 1 amide bonds. The maximum Gasteiger partial charge on any atom is 0.263 e. The van der Waals surface area contributed by atoms with E-state index in [4.69, 9.17) is 0 Å². The van der Waals surface area contributed by atoms with Crippen LogP contribution in [0.5, 0.6) is 0 Å². The highest BCUT2D eigenvalue weighted by Gasteiger charge is 2.23. The minimum Gasteiger partial charge on any atom is -0.368 e. The Labute approximate surface area is 187 Å². The third-order valence-corrected chi connectivity index (χ3v) is 6.84. The van der Waals surface area contributed by atoms with Crippen molar-refractivity contribution in [3.05, 3.63) is 41.0 Å². The van der Waals surface area contributed by atoms with Crippen LogP contribution in [0.1, 0.15) is 41.9 Å². The summed E-state index contributed by atoms with van der Waals surface area (Å²) >= 11 is 1.53. The van der Waals surface area contributed by atoms with Gasteiger partial charge in [0.25, 0.3) is 5.91 Å². The molecule has 1 aliphatic rings. The van der Waals surface area contributed by atoms with Crippen LogP contribution in [-0.4, -0.2) is 60.5 Å². The van der Waals surface area contributed by atoms with Crippen LogP contribution in [0.2, 0.25) is 0 Å². The molecule has 0 spiro atoms. The molecule has 0 aromatic carbocycles. The van der Waals surface area contributed by atoms with Gasteiger partial charge in [-0.3, -0.25) is 4.79 Å². The van der Waals surface area contributed by atoms with Crippen molar-refractivity contribution in [1.82, 2.24) is 20.2 Å². The maximum absolute atomic E-state index is 12.9. The van der Waals surface area contributed by atoms with Crippen molar-refractivity contribution in [3.63, 3.8) is 0 Å². The molecule has 1 saturated heterocycles. The van der Waals surface area contributed by atoms with Crippen LogP contribution < -0.4 is 15.5 Å². The second-order valence-electron chi connectivity index (χ2n) is 8.15. The molecular formula is C23H30N6OS. The number of fused-ring (bicyclic) bond motifs is 1. The van der Waals surface area contributed by atoms with Crippen molar-refractivity contribution in [2.45, 2.75) is 26.7 Å². The first-order valence-electron chi connectivity index (χ1n) is 10.8. The maximum atomic E-state index is 12.9. The number of anilines is 3. The molecule has 8 heteroatoms. The van der Waals surface area contributed by atoms with E-state index in [1.165, 1.54) is 11.3 Å². The van der Waals surface area contributed by atoms with Gasteiger partial charge in [-0.15, -0.1) is 11.3 Å². The summed E-state index contributed by atoms with van der Waals surface area (Å²) in [5, 5.41) is 7.77. The summed E-state index contributed by atoms with van der Waals surface area (Å²) in [6.45, 7) is 10.9. The van der Waals surface area contributed by atoms with Gasteiger partial charge in [-0.2, -0.15) is 0 Å². The molecule has 1 aliphatic heterocycles. The van der Waals surface area contributed by atoms with Gasteiger partial charge in [-0.05, 0) is 36.6 Å². The van der Waals surface area contributed by atoms with E-state index in [1.54, 1.807) is 4.90 Å². The van der Waals surface area contributed by atoms with Gasteiger partial charge in [0.05, 0.1) is 21.5 Å². The lowest BCUT2D eigenvalue weighted by molar-refractivity contribution is 0.0806. The molecule has 4 heterocycles. The molecular weight excluding hydrogens is 408 g/mol. The largest absolute Gasteiger partial charge is 0.368 e. The fourth-order valence-electron chi connectivity index (χ4n) is 3.84. The van der Waals surface area contributed by atoms with Crippen LogP contribution in [0.15, 0.2) is 30.6 Å². The monoisotopic (exact) mass is 438 g/mol. The molecule has 0 radical (unpaired) electrons. The molecule has 1 fully saturated rings. The normalized spacial score (nSPS) is 14.3. The van der Waals surface area contributed by atoms with E-state index in [0.717, 1.165) is 64.0 Å². The molecule has 0 saturated carbocycles. The number of piperazine rings is 1. The summed E-state index contributed by atoms with van der Waals surface area (Å²) < 4.78 is 1.03. The molecule has 3 aromatic rings. The van der Waals surface area contributed by atoms with Crippen LogP contribution in [-0.2, 0) is 0 Å². The van der Waals surface area contributed by atoms with Gasteiger partial charge in [-0.1, -0.05) is 13.8 Å². The smallest absolute Gasteiger partial charge is 0.263 e. The molecule has 3 aromatic heterocycles. The average Bonchev–Trinajstić information content (AvgIpc) is 3.18. The average molecular weight is 439 g/mol. The number of hydrogen-bond donors (Lipinski definition) is 2. The first-order valence-corrected chi connectivity index (χ1v) is 11.7. The Morgan fingerprint density at radius 1 is 1.23 bits per heavy atom. The Hall–Kier alpha value is -2.71. The number of amides is 1. The Morgan fingerprint density at radius 2 is 1.97 bits per heavy atom. The van der Waals surface area contributed by atoms with Crippen LogP contribution in [0.3, 0.4) is 0 Å². The highest BCUT2D eigenvalue weighted by Crippen LogP contribution is 2.37. The predicted molar refractivity (Wildman–Crippen MR) is 129 cm³/mol. The Bertz CT molecular complexity index is 1060. The molecule has 0 unspecified atom stereocenters. The molecule has 2 N–H and O–H groups in total. The number of aromatic nitrogens is 2. The van der Waals surface area contributed by atoms with Gasteiger partial charge in [-0.25, -0.2) is 9.97 Å². The molecule has 164 valence electrons. The van der Waals surface area contributed by atoms with Gasteiger partial charge in [0.2, 0.25) is 0 Å². The summed E-state index contributed by atoms with van der Waals surface area (Å²) in [5.41, 5.74) is 2.23. The number of hydrogen-bond acceptors (Lipinski definition) is 7. The molecule has 7 nitrogen and oxygen atoms in total. The summed E-state index contributed by atoms with van der Waals surface area (Å²) in [7, 11) is 1.85. The van der Waals surface area contributed by atoms with Crippen molar-refractivity contribution >= 4 is 44.7 Å². The lowest BCUT2D eigenvalue weighted by atomic mass is 9.99. The predicted octanol–water partition coefficient (Wildman–Crippen LogP) is 4.06. The van der Waals surface area contributed by atoms with Crippen molar-refractivity contribution in [1.29, 1.82) is 0 Å². The minimum atomic E-state index is 0.0760. The van der Waals surface area contributed by atoms with Crippen molar-refractivity contribution in [3.8, 4) is 0 Å². The van der Waals surface area contributed by atoms with Crippen LogP contribution in [0.25, 0.3) is 10.1 Å². The highest BCUT2D eigenvalue weighted by atomic mass is 32.1. The first kappa shape index (κ1) is 21.5. The van der Waals surface area contributed by atoms with Crippen LogP contribution in [0.4, 0.5) is 17.3 Å². The van der Waals surface area contributed by atoms with Gasteiger partial charge < -0.3 is 20.4 Å². The number of nitrogens with one attached hydrogen (secondary N) is 2. The summed E-state index contributed by atoms with van der Waals surface area (Å²) in [6, 6.07) is 6.13. The summed E-state index contributed by atoms with van der Waals surface area (Å²) in [4.78, 5) is 26.9. The fourth-order valence-corrected chi connectivity index (χ4v) is 5.14. The Kier molecular flexibility index (Phi) is 6.38.